The summed E-state index contributed by atoms with van der Waals surface area (Å²) in [5.41, 5.74) is 3.71. The molecule has 142 valence electrons. The maximum absolute atomic E-state index is 12.8. The van der Waals surface area contributed by atoms with Crippen LogP contribution in [0.25, 0.3) is 5.57 Å². The highest BCUT2D eigenvalue weighted by Gasteiger charge is 2.24. The largest absolute Gasteiger partial charge is 0.463 e. The van der Waals surface area contributed by atoms with Gasteiger partial charge in [-0.15, -0.1) is 0 Å². The fourth-order valence-electron chi connectivity index (χ4n) is 3.70. The number of amides is 1. The zero-order chi connectivity index (χ0) is 19.2. The predicted molar refractivity (Wildman–Crippen MR) is 109 cm³/mol. The zero-order valence-electron chi connectivity index (χ0n) is 15.8. The SMILES string of the molecule is O=C(C[NH2+][C@@H](c1ccccc1)c1ccco1)N1CC=C(c2ccccc2)CC1. The van der Waals surface area contributed by atoms with Crippen molar-refractivity contribution in [3.8, 4) is 0 Å². The summed E-state index contributed by atoms with van der Waals surface area (Å²) in [6.45, 7) is 1.84. The first-order valence-electron chi connectivity index (χ1n) is 9.75. The normalized spacial score (nSPS) is 15.1. The Morgan fingerprint density at radius 1 is 1.00 bits per heavy atom. The lowest BCUT2D eigenvalue weighted by molar-refractivity contribution is -0.679. The molecule has 28 heavy (non-hydrogen) atoms. The van der Waals surface area contributed by atoms with E-state index in [0.717, 1.165) is 24.3 Å². The van der Waals surface area contributed by atoms with E-state index in [1.165, 1.54) is 11.1 Å². The summed E-state index contributed by atoms with van der Waals surface area (Å²) in [5, 5.41) is 2.06. The molecule has 3 aromatic rings. The minimum absolute atomic E-state index is 0.0136. The monoisotopic (exact) mass is 373 g/mol. The number of nitrogens with two attached hydrogens (primary N) is 1. The molecule has 0 spiro atoms. The third-order valence-electron chi connectivity index (χ3n) is 5.24. The second-order valence-corrected chi connectivity index (χ2v) is 7.03. The van der Waals surface area contributed by atoms with Crippen LogP contribution in [0.15, 0.2) is 89.6 Å². The number of furan rings is 1. The zero-order valence-corrected chi connectivity index (χ0v) is 15.8. The molecule has 0 saturated carbocycles. The maximum Gasteiger partial charge on any atom is 0.278 e. The molecular weight excluding hydrogens is 348 g/mol. The topological polar surface area (TPSA) is 50.1 Å². The molecule has 1 aliphatic heterocycles. The van der Waals surface area contributed by atoms with Gasteiger partial charge in [-0.05, 0) is 29.7 Å². The molecule has 1 atom stereocenters. The minimum atomic E-state index is -0.0136. The third kappa shape index (κ3) is 4.24. The molecule has 4 heteroatoms. The van der Waals surface area contributed by atoms with Crippen LogP contribution in [0.5, 0.6) is 0 Å². The van der Waals surface area contributed by atoms with E-state index in [4.69, 9.17) is 4.42 Å². The molecule has 0 saturated heterocycles. The van der Waals surface area contributed by atoms with E-state index in [1.54, 1.807) is 6.26 Å². The van der Waals surface area contributed by atoms with Crippen molar-refractivity contribution in [3.05, 3.63) is 102 Å². The number of rotatable bonds is 6. The molecular formula is C24H25N2O2+. The Morgan fingerprint density at radius 3 is 2.39 bits per heavy atom. The van der Waals surface area contributed by atoms with Crippen molar-refractivity contribution >= 4 is 11.5 Å². The summed E-state index contributed by atoms with van der Waals surface area (Å²) < 4.78 is 5.63. The van der Waals surface area contributed by atoms with Crippen LogP contribution in [0.2, 0.25) is 0 Å². The molecule has 1 amide bonds. The summed E-state index contributed by atoms with van der Waals surface area (Å²) in [7, 11) is 0. The van der Waals surface area contributed by atoms with Gasteiger partial charge in [-0.1, -0.05) is 66.7 Å². The van der Waals surface area contributed by atoms with E-state index in [-0.39, 0.29) is 11.9 Å². The Bertz CT molecular complexity index is 918. The average Bonchev–Trinajstić information content (AvgIpc) is 3.30. The first-order chi connectivity index (χ1) is 13.8. The van der Waals surface area contributed by atoms with E-state index >= 15 is 0 Å². The summed E-state index contributed by atoms with van der Waals surface area (Å²) >= 11 is 0. The van der Waals surface area contributed by atoms with Crippen LogP contribution in [0.4, 0.5) is 0 Å². The van der Waals surface area contributed by atoms with Crippen LogP contribution >= 0.6 is 0 Å². The Balaban J connectivity index is 1.39. The van der Waals surface area contributed by atoms with Gasteiger partial charge < -0.3 is 14.6 Å². The highest BCUT2D eigenvalue weighted by molar-refractivity contribution is 5.79. The Hall–Kier alpha value is -3.11. The van der Waals surface area contributed by atoms with Crippen LogP contribution in [-0.2, 0) is 4.79 Å². The van der Waals surface area contributed by atoms with Gasteiger partial charge in [0.2, 0.25) is 0 Å². The molecule has 2 aromatic carbocycles. The number of quaternary nitrogens is 1. The molecule has 0 fully saturated rings. The van der Waals surface area contributed by atoms with Crippen molar-refractivity contribution in [2.75, 3.05) is 19.6 Å². The van der Waals surface area contributed by atoms with Crippen LogP contribution in [-0.4, -0.2) is 30.4 Å². The van der Waals surface area contributed by atoms with Gasteiger partial charge in [0, 0.05) is 18.7 Å². The summed E-state index contributed by atoms with van der Waals surface area (Å²) in [5.74, 6) is 1.03. The highest BCUT2D eigenvalue weighted by Crippen LogP contribution is 2.22. The van der Waals surface area contributed by atoms with Gasteiger partial charge in [0.1, 0.15) is 0 Å². The fraction of sp³-hybridized carbons (Fsp3) is 0.208. The number of hydrogen-bond donors (Lipinski definition) is 1. The molecule has 2 N–H and O–H groups in total. The molecule has 4 nitrogen and oxygen atoms in total. The lowest BCUT2D eigenvalue weighted by Gasteiger charge is -2.26. The van der Waals surface area contributed by atoms with Crippen molar-refractivity contribution < 1.29 is 14.5 Å². The molecule has 4 rings (SSSR count). The van der Waals surface area contributed by atoms with Gasteiger partial charge >= 0.3 is 0 Å². The van der Waals surface area contributed by atoms with Gasteiger partial charge in [0.15, 0.2) is 18.3 Å². The van der Waals surface area contributed by atoms with Gasteiger partial charge in [0.25, 0.3) is 5.91 Å². The third-order valence-corrected chi connectivity index (χ3v) is 5.24. The van der Waals surface area contributed by atoms with E-state index < -0.39 is 0 Å². The predicted octanol–water partition coefficient (Wildman–Crippen LogP) is 3.25. The lowest BCUT2D eigenvalue weighted by atomic mass is 9.99. The van der Waals surface area contributed by atoms with Gasteiger partial charge in [-0.25, -0.2) is 0 Å². The Kier molecular flexibility index (Phi) is 5.69. The van der Waals surface area contributed by atoms with Gasteiger partial charge in [0.05, 0.1) is 6.26 Å². The summed E-state index contributed by atoms with van der Waals surface area (Å²) in [4.78, 5) is 14.7. The van der Waals surface area contributed by atoms with E-state index in [2.05, 4.69) is 47.8 Å². The summed E-state index contributed by atoms with van der Waals surface area (Å²) in [6.07, 6.45) is 4.76. The second-order valence-electron chi connectivity index (χ2n) is 7.03. The quantitative estimate of drug-likeness (QED) is 0.721. The molecule has 0 unspecified atom stereocenters. The Morgan fingerprint density at radius 2 is 1.75 bits per heavy atom. The average molecular weight is 373 g/mol. The van der Waals surface area contributed by atoms with Crippen molar-refractivity contribution in [1.29, 1.82) is 0 Å². The fourth-order valence-corrected chi connectivity index (χ4v) is 3.70. The van der Waals surface area contributed by atoms with Crippen LogP contribution in [0.1, 0.15) is 29.3 Å². The van der Waals surface area contributed by atoms with Crippen LogP contribution < -0.4 is 5.32 Å². The van der Waals surface area contributed by atoms with Crippen molar-refractivity contribution in [1.82, 2.24) is 4.90 Å². The maximum atomic E-state index is 12.8. The van der Waals surface area contributed by atoms with Gasteiger partial charge in [-0.3, -0.25) is 4.79 Å². The van der Waals surface area contributed by atoms with Crippen LogP contribution in [0.3, 0.4) is 0 Å². The second kappa shape index (κ2) is 8.72. The first-order valence-corrected chi connectivity index (χ1v) is 9.75. The molecule has 1 aliphatic rings. The Labute approximate surface area is 165 Å². The molecule has 0 bridgehead atoms. The molecule has 2 heterocycles. The van der Waals surface area contributed by atoms with E-state index in [1.807, 2.05) is 41.3 Å². The molecule has 0 aliphatic carbocycles. The highest BCUT2D eigenvalue weighted by atomic mass is 16.3. The number of carbonyl (C=O) groups is 1. The smallest absolute Gasteiger partial charge is 0.278 e. The first kappa shape index (κ1) is 18.3. The number of nitrogens with zero attached hydrogens (tertiary/aromatic N) is 1. The summed E-state index contributed by atoms with van der Waals surface area (Å²) in [6, 6.07) is 24.4. The number of carbonyl (C=O) groups excluding carboxylic acids is 1. The van der Waals surface area contributed by atoms with Crippen molar-refractivity contribution in [2.45, 2.75) is 12.5 Å². The number of hydrogen-bond acceptors (Lipinski definition) is 2. The standard InChI is InChI=1S/C24H24N2O2/c27-23(26-15-13-20(14-16-26)19-8-3-1-4-9-19)18-25-24(22-12-7-17-28-22)21-10-5-2-6-11-21/h1-13,17,24-25H,14-16,18H2/p+1/t24-/m0/s1. The number of benzene rings is 2. The minimum Gasteiger partial charge on any atom is -0.463 e. The van der Waals surface area contributed by atoms with E-state index in [0.29, 0.717) is 13.1 Å². The van der Waals surface area contributed by atoms with Crippen molar-refractivity contribution in [2.24, 2.45) is 0 Å². The lowest BCUT2D eigenvalue weighted by Crippen LogP contribution is -2.87. The molecule has 1 aromatic heterocycles. The van der Waals surface area contributed by atoms with E-state index in [9.17, 15) is 4.79 Å². The molecule has 0 radical (unpaired) electrons. The van der Waals surface area contributed by atoms with Crippen molar-refractivity contribution in [3.63, 3.8) is 0 Å². The van der Waals surface area contributed by atoms with Crippen LogP contribution in [0, 0.1) is 0 Å². The van der Waals surface area contributed by atoms with Gasteiger partial charge in [-0.2, -0.15) is 0 Å².